The Morgan fingerprint density at radius 2 is 1.66 bits per heavy atom. The van der Waals surface area contributed by atoms with Crippen LogP contribution in [0, 0.1) is 0 Å². The highest BCUT2D eigenvalue weighted by molar-refractivity contribution is 7.92. The van der Waals surface area contributed by atoms with Gasteiger partial charge in [0.1, 0.15) is 11.0 Å². The lowest BCUT2D eigenvalue weighted by Crippen LogP contribution is -2.34. The SMILES string of the molecule is CCOc1ccc(S(=O)(=O)C(CNS(=O)(=O)CCc2ccccc2)c2cccnc2)cc1. The number of nitrogens with one attached hydrogen (secondary N) is 1. The van der Waals surface area contributed by atoms with Crippen LogP contribution in [0.3, 0.4) is 0 Å². The Kier molecular flexibility index (Phi) is 8.00. The van der Waals surface area contributed by atoms with Crippen LogP contribution in [0.4, 0.5) is 0 Å². The highest BCUT2D eigenvalue weighted by Gasteiger charge is 2.30. The van der Waals surface area contributed by atoms with Crippen LogP contribution in [-0.4, -0.2) is 40.7 Å². The molecule has 0 fully saturated rings. The van der Waals surface area contributed by atoms with Crippen molar-refractivity contribution in [2.45, 2.75) is 23.5 Å². The maximum atomic E-state index is 13.4. The van der Waals surface area contributed by atoms with Crippen LogP contribution in [0.1, 0.15) is 23.3 Å². The second kappa shape index (κ2) is 10.7. The number of aryl methyl sites for hydroxylation is 1. The molecule has 1 unspecified atom stereocenters. The zero-order chi connectivity index (χ0) is 23.0. The number of sulfonamides is 1. The van der Waals surface area contributed by atoms with Crippen molar-refractivity contribution in [1.29, 1.82) is 0 Å². The standard InChI is InChI=1S/C23H26N2O5S2/c1-2-30-21-10-12-22(13-11-21)32(28,29)23(20-9-6-15-24-17-20)18-25-31(26,27)16-14-19-7-4-3-5-8-19/h3-13,15,17,23,25H,2,14,16,18H2,1H3. The fourth-order valence-corrected chi connectivity index (χ4v) is 6.02. The van der Waals surface area contributed by atoms with E-state index in [9.17, 15) is 16.8 Å². The van der Waals surface area contributed by atoms with Gasteiger partial charge in [-0.3, -0.25) is 4.98 Å². The van der Waals surface area contributed by atoms with Crippen LogP contribution in [0.25, 0.3) is 0 Å². The lowest BCUT2D eigenvalue weighted by molar-refractivity contribution is 0.340. The van der Waals surface area contributed by atoms with Crippen molar-refractivity contribution >= 4 is 19.9 Å². The molecule has 3 aromatic rings. The number of aromatic nitrogens is 1. The fourth-order valence-electron chi connectivity index (χ4n) is 3.20. The Labute approximate surface area is 189 Å². The molecule has 9 heteroatoms. The Morgan fingerprint density at radius 3 is 2.28 bits per heavy atom. The summed E-state index contributed by atoms with van der Waals surface area (Å²) < 4.78 is 59.8. The molecule has 32 heavy (non-hydrogen) atoms. The molecule has 0 aliphatic rings. The minimum absolute atomic E-state index is 0.0817. The zero-order valence-electron chi connectivity index (χ0n) is 17.7. The van der Waals surface area contributed by atoms with Gasteiger partial charge in [0.2, 0.25) is 10.0 Å². The molecular formula is C23H26N2O5S2. The van der Waals surface area contributed by atoms with Crippen LogP contribution in [0.2, 0.25) is 0 Å². The van der Waals surface area contributed by atoms with E-state index in [0.717, 1.165) is 5.56 Å². The highest BCUT2D eigenvalue weighted by atomic mass is 32.2. The predicted octanol–water partition coefficient (Wildman–Crippen LogP) is 3.16. The van der Waals surface area contributed by atoms with Gasteiger partial charge >= 0.3 is 0 Å². The Morgan fingerprint density at radius 1 is 0.938 bits per heavy atom. The maximum absolute atomic E-state index is 13.4. The van der Waals surface area contributed by atoms with Crippen LogP contribution in [0.15, 0.2) is 84.0 Å². The van der Waals surface area contributed by atoms with E-state index in [-0.39, 0.29) is 17.2 Å². The lowest BCUT2D eigenvalue weighted by Gasteiger charge is -2.19. The van der Waals surface area contributed by atoms with Crippen molar-refractivity contribution in [3.8, 4) is 5.75 Å². The number of hydrogen-bond acceptors (Lipinski definition) is 6. The van der Waals surface area contributed by atoms with Crippen LogP contribution < -0.4 is 9.46 Å². The second-order valence-corrected chi connectivity index (χ2v) is 11.2. The summed E-state index contributed by atoms with van der Waals surface area (Å²) in [6.45, 7) is 2.01. The van der Waals surface area contributed by atoms with Gasteiger partial charge in [0.05, 0.1) is 17.3 Å². The molecule has 2 aromatic carbocycles. The minimum Gasteiger partial charge on any atom is -0.494 e. The summed E-state index contributed by atoms with van der Waals surface area (Å²) in [5.41, 5.74) is 1.30. The first-order chi connectivity index (χ1) is 15.3. The largest absolute Gasteiger partial charge is 0.494 e. The van der Waals surface area contributed by atoms with Gasteiger partial charge in [-0.15, -0.1) is 0 Å². The monoisotopic (exact) mass is 474 g/mol. The van der Waals surface area contributed by atoms with Crippen molar-refractivity contribution in [3.63, 3.8) is 0 Å². The molecule has 0 aliphatic heterocycles. The number of pyridine rings is 1. The lowest BCUT2D eigenvalue weighted by atomic mass is 10.2. The molecule has 0 amide bonds. The quantitative estimate of drug-likeness (QED) is 0.458. The smallest absolute Gasteiger partial charge is 0.211 e. The molecule has 1 N–H and O–H groups in total. The summed E-state index contributed by atoms with van der Waals surface area (Å²) in [6.07, 6.45) is 3.31. The summed E-state index contributed by atoms with van der Waals surface area (Å²) in [7, 11) is -7.59. The first kappa shape index (κ1) is 23.9. The molecule has 0 aliphatic carbocycles. The first-order valence-corrected chi connectivity index (χ1v) is 13.4. The van der Waals surface area contributed by atoms with Crippen molar-refractivity contribution in [3.05, 3.63) is 90.3 Å². The average Bonchev–Trinajstić information content (AvgIpc) is 2.80. The minimum atomic E-state index is -3.90. The molecule has 170 valence electrons. The van der Waals surface area contributed by atoms with Gasteiger partial charge in [-0.05, 0) is 54.8 Å². The third-order valence-electron chi connectivity index (χ3n) is 4.88. The summed E-state index contributed by atoms with van der Waals surface area (Å²) in [4.78, 5) is 4.09. The van der Waals surface area contributed by atoms with Crippen LogP contribution in [-0.2, 0) is 26.3 Å². The van der Waals surface area contributed by atoms with Crippen LogP contribution in [0.5, 0.6) is 5.75 Å². The summed E-state index contributed by atoms with van der Waals surface area (Å²) >= 11 is 0. The molecule has 0 saturated carbocycles. The second-order valence-electron chi connectivity index (χ2n) is 7.13. The molecule has 0 radical (unpaired) electrons. The predicted molar refractivity (Wildman–Crippen MR) is 124 cm³/mol. The van der Waals surface area contributed by atoms with E-state index in [1.165, 1.54) is 24.5 Å². The fraction of sp³-hybridized carbons (Fsp3) is 0.261. The van der Waals surface area contributed by atoms with Crippen molar-refractivity contribution in [1.82, 2.24) is 9.71 Å². The molecular weight excluding hydrogens is 448 g/mol. The first-order valence-electron chi connectivity index (χ1n) is 10.2. The van der Waals surface area contributed by atoms with Gasteiger partial charge in [0, 0.05) is 18.9 Å². The zero-order valence-corrected chi connectivity index (χ0v) is 19.3. The average molecular weight is 475 g/mol. The van der Waals surface area contributed by atoms with E-state index in [0.29, 0.717) is 24.3 Å². The van der Waals surface area contributed by atoms with Gasteiger partial charge in [0.15, 0.2) is 9.84 Å². The normalized spacial score (nSPS) is 12.9. The summed E-state index contributed by atoms with van der Waals surface area (Å²) in [5, 5.41) is -1.12. The van der Waals surface area contributed by atoms with Gasteiger partial charge < -0.3 is 4.74 Å². The molecule has 3 rings (SSSR count). The number of ether oxygens (including phenoxy) is 1. The maximum Gasteiger partial charge on any atom is 0.211 e. The number of rotatable bonds is 11. The number of hydrogen-bond donors (Lipinski definition) is 1. The summed E-state index contributed by atoms with van der Waals surface area (Å²) in [5.74, 6) is 0.422. The third kappa shape index (κ3) is 6.38. The molecule has 1 aromatic heterocycles. The van der Waals surface area contributed by atoms with Crippen molar-refractivity contribution in [2.75, 3.05) is 18.9 Å². The van der Waals surface area contributed by atoms with E-state index in [2.05, 4.69) is 9.71 Å². The molecule has 0 bridgehead atoms. The number of benzene rings is 2. The van der Waals surface area contributed by atoms with Gasteiger partial charge in [0.25, 0.3) is 0 Å². The van der Waals surface area contributed by atoms with Gasteiger partial charge in [-0.25, -0.2) is 21.6 Å². The van der Waals surface area contributed by atoms with E-state index in [1.54, 1.807) is 24.3 Å². The van der Waals surface area contributed by atoms with E-state index < -0.39 is 25.1 Å². The Bertz CT molecular complexity index is 1200. The number of sulfone groups is 1. The Hall–Kier alpha value is -2.75. The Balaban J connectivity index is 1.80. The van der Waals surface area contributed by atoms with Crippen LogP contribution >= 0.6 is 0 Å². The molecule has 1 atom stereocenters. The van der Waals surface area contributed by atoms with Gasteiger partial charge in [-0.1, -0.05) is 36.4 Å². The molecule has 1 heterocycles. The van der Waals surface area contributed by atoms with E-state index >= 15 is 0 Å². The highest BCUT2D eigenvalue weighted by Crippen LogP contribution is 2.29. The van der Waals surface area contributed by atoms with Gasteiger partial charge in [-0.2, -0.15) is 0 Å². The summed E-state index contributed by atoms with van der Waals surface area (Å²) in [6, 6.07) is 18.6. The van der Waals surface area contributed by atoms with Crippen molar-refractivity contribution in [2.24, 2.45) is 0 Å². The topological polar surface area (TPSA) is 102 Å². The number of nitrogens with zero attached hydrogens (tertiary/aromatic N) is 1. The van der Waals surface area contributed by atoms with E-state index in [4.69, 9.17) is 4.74 Å². The molecule has 7 nitrogen and oxygen atoms in total. The van der Waals surface area contributed by atoms with Crippen molar-refractivity contribution < 1.29 is 21.6 Å². The molecule has 0 spiro atoms. The van der Waals surface area contributed by atoms with E-state index in [1.807, 2.05) is 37.3 Å². The molecule has 0 saturated heterocycles. The third-order valence-corrected chi connectivity index (χ3v) is 8.35.